The molecule has 2 aromatic rings. The number of likely N-dealkylation sites (tertiary alicyclic amines) is 1. The highest BCUT2D eigenvalue weighted by Gasteiger charge is 2.33. The SMILES string of the molecule is C[C@H]1CN(C(=O)CCc2nc3ccccc3c(=O)[nH]2)C[C@@H]1N(C)C. The molecule has 6 nitrogen and oxygen atoms in total. The molecular formula is C18H24N4O2. The summed E-state index contributed by atoms with van der Waals surface area (Å²) in [4.78, 5) is 35.9. The van der Waals surface area contributed by atoms with Crippen molar-refractivity contribution in [2.45, 2.75) is 25.8 Å². The molecule has 0 spiro atoms. The van der Waals surface area contributed by atoms with E-state index in [1.54, 1.807) is 6.07 Å². The van der Waals surface area contributed by atoms with Gasteiger partial charge in [-0.25, -0.2) is 4.98 Å². The van der Waals surface area contributed by atoms with Gasteiger partial charge < -0.3 is 14.8 Å². The highest BCUT2D eigenvalue weighted by Crippen LogP contribution is 2.20. The fraction of sp³-hybridized carbons (Fsp3) is 0.500. The number of nitrogens with zero attached hydrogens (tertiary/aromatic N) is 3. The highest BCUT2D eigenvalue weighted by atomic mass is 16.2. The number of carbonyl (C=O) groups excluding carboxylic acids is 1. The van der Waals surface area contributed by atoms with Gasteiger partial charge in [-0.3, -0.25) is 9.59 Å². The van der Waals surface area contributed by atoms with Gasteiger partial charge in [0.05, 0.1) is 10.9 Å². The summed E-state index contributed by atoms with van der Waals surface area (Å²) >= 11 is 0. The second-order valence-electron chi connectivity index (χ2n) is 6.84. The average Bonchev–Trinajstić information content (AvgIpc) is 2.95. The summed E-state index contributed by atoms with van der Waals surface area (Å²) in [6.45, 7) is 3.75. The predicted octanol–water partition coefficient (Wildman–Crippen LogP) is 1.26. The molecule has 1 aliphatic rings. The minimum absolute atomic E-state index is 0.127. The van der Waals surface area contributed by atoms with E-state index in [1.165, 1.54) is 0 Å². The first kappa shape index (κ1) is 16.6. The first-order valence-corrected chi connectivity index (χ1v) is 8.38. The van der Waals surface area contributed by atoms with Gasteiger partial charge in [0.2, 0.25) is 5.91 Å². The minimum Gasteiger partial charge on any atom is -0.341 e. The average molecular weight is 328 g/mol. The summed E-state index contributed by atoms with van der Waals surface area (Å²) in [6, 6.07) is 7.66. The number of aromatic amines is 1. The quantitative estimate of drug-likeness (QED) is 0.917. The Balaban J connectivity index is 1.66. The van der Waals surface area contributed by atoms with Crippen LogP contribution >= 0.6 is 0 Å². The fourth-order valence-corrected chi connectivity index (χ4v) is 3.46. The zero-order chi connectivity index (χ0) is 17.3. The number of hydrogen-bond acceptors (Lipinski definition) is 4. The van der Waals surface area contributed by atoms with Crippen LogP contribution < -0.4 is 5.56 Å². The molecule has 1 aliphatic heterocycles. The molecule has 3 rings (SSSR count). The highest BCUT2D eigenvalue weighted by molar-refractivity contribution is 5.78. The molecule has 1 saturated heterocycles. The molecular weight excluding hydrogens is 304 g/mol. The van der Waals surface area contributed by atoms with E-state index < -0.39 is 0 Å². The van der Waals surface area contributed by atoms with Gasteiger partial charge in [-0.1, -0.05) is 19.1 Å². The third-order valence-electron chi connectivity index (χ3n) is 4.83. The molecule has 1 aromatic heterocycles. The molecule has 24 heavy (non-hydrogen) atoms. The van der Waals surface area contributed by atoms with Crippen LogP contribution in [-0.4, -0.2) is 58.9 Å². The van der Waals surface area contributed by atoms with Crippen molar-refractivity contribution in [1.29, 1.82) is 0 Å². The van der Waals surface area contributed by atoms with E-state index in [-0.39, 0.29) is 11.5 Å². The maximum atomic E-state index is 12.5. The van der Waals surface area contributed by atoms with E-state index in [1.807, 2.05) is 23.1 Å². The van der Waals surface area contributed by atoms with Gasteiger partial charge >= 0.3 is 0 Å². The van der Waals surface area contributed by atoms with Crippen LogP contribution in [0.4, 0.5) is 0 Å². The number of benzene rings is 1. The van der Waals surface area contributed by atoms with Crippen molar-refractivity contribution < 1.29 is 4.79 Å². The Bertz CT molecular complexity index is 799. The fourth-order valence-electron chi connectivity index (χ4n) is 3.46. The molecule has 0 unspecified atom stereocenters. The van der Waals surface area contributed by atoms with Gasteiger partial charge in [-0.2, -0.15) is 0 Å². The molecule has 1 amide bonds. The first-order chi connectivity index (χ1) is 11.5. The van der Waals surface area contributed by atoms with Crippen molar-refractivity contribution in [3.63, 3.8) is 0 Å². The van der Waals surface area contributed by atoms with E-state index in [2.05, 4.69) is 35.9 Å². The Hall–Kier alpha value is -2.21. The molecule has 2 heterocycles. The molecule has 1 aromatic carbocycles. The van der Waals surface area contributed by atoms with Crippen LogP contribution in [0.1, 0.15) is 19.2 Å². The molecule has 1 fully saturated rings. The molecule has 6 heteroatoms. The van der Waals surface area contributed by atoms with Gasteiger partial charge in [0, 0.05) is 32.0 Å². The van der Waals surface area contributed by atoms with Gasteiger partial charge in [0.15, 0.2) is 0 Å². The Kier molecular flexibility index (Phi) is 4.66. The molecule has 1 N–H and O–H groups in total. The van der Waals surface area contributed by atoms with Crippen LogP contribution in [-0.2, 0) is 11.2 Å². The van der Waals surface area contributed by atoms with E-state index >= 15 is 0 Å². The Morgan fingerprint density at radius 2 is 2.08 bits per heavy atom. The largest absolute Gasteiger partial charge is 0.341 e. The van der Waals surface area contributed by atoms with Gasteiger partial charge in [0.1, 0.15) is 5.82 Å². The summed E-state index contributed by atoms with van der Waals surface area (Å²) < 4.78 is 0. The van der Waals surface area contributed by atoms with Crippen molar-refractivity contribution in [2.24, 2.45) is 5.92 Å². The van der Waals surface area contributed by atoms with Crippen molar-refractivity contribution in [2.75, 3.05) is 27.2 Å². The summed E-state index contributed by atoms with van der Waals surface area (Å²) in [5, 5.41) is 0.578. The van der Waals surface area contributed by atoms with Crippen LogP contribution in [0.2, 0.25) is 0 Å². The third-order valence-corrected chi connectivity index (χ3v) is 4.83. The number of H-pyrrole nitrogens is 1. The predicted molar refractivity (Wildman–Crippen MR) is 93.9 cm³/mol. The molecule has 0 saturated carbocycles. The number of amides is 1. The van der Waals surface area contributed by atoms with Crippen molar-refractivity contribution in [3.8, 4) is 0 Å². The van der Waals surface area contributed by atoms with Crippen LogP contribution in [0.3, 0.4) is 0 Å². The molecule has 2 atom stereocenters. The molecule has 128 valence electrons. The number of para-hydroxylation sites is 1. The second-order valence-corrected chi connectivity index (χ2v) is 6.84. The lowest BCUT2D eigenvalue weighted by Gasteiger charge is -2.22. The van der Waals surface area contributed by atoms with E-state index in [4.69, 9.17) is 0 Å². The number of hydrogen-bond donors (Lipinski definition) is 1. The normalized spacial score (nSPS) is 20.9. The number of fused-ring (bicyclic) bond motifs is 1. The lowest BCUT2D eigenvalue weighted by molar-refractivity contribution is -0.130. The zero-order valence-corrected chi connectivity index (χ0v) is 14.5. The summed E-state index contributed by atoms with van der Waals surface area (Å²) in [5.41, 5.74) is 0.525. The Labute approximate surface area is 141 Å². The van der Waals surface area contributed by atoms with Crippen molar-refractivity contribution in [1.82, 2.24) is 19.8 Å². The lowest BCUT2D eigenvalue weighted by Crippen LogP contribution is -2.35. The number of nitrogens with one attached hydrogen (secondary N) is 1. The van der Waals surface area contributed by atoms with Gasteiger partial charge in [-0.15, -0.1) is 0 Å². The maximum Gasteiger partial charge on any atom is 0.258 e. The second kappa shape index (κ2) is 6.73. The standard InChI is InChI=1S/C18H24N4O2/c1-12-10-22(11-15(12)21(2)3)17(23)9-8-16-19-14-7-5-4-6-13(14)18(24)20-16/h4-7,12,15H,8-11H2,1-3H3,(H,19,20,24)/t12-,15-/m0/s1. The van der Waals surface area contributed by atoms with Crippen LogP contribution in [0.15, 0.2) is 29.1 Å². The van der Waals surface area contributed by atoms with Crippen LogP contribution in [0.25, 0.3) is 10.9 Å². The summed E-state index contributed by atoms with van der Waals surface area (Å²) in [5.74, 6) is 1.17. The smallest absolute Gasteiger partial charge is 0.258 e. The van der Waals surface area contributed by atoms with E-state index in [0.29, 0.717) is 41.5 Å². The van der Waals surface area contributed by atoms with Gasteiger partial charge in [-0.05, 0) is 32.1 Å². The summed E-state index contributed by atoms with van der Waals surface area (Å²) in [7, 11) is 4.11. The molecule has 0 aliphatic carbocycles. The van der Waals surface area contributed by atoms with Crippen LogP contribution in [0, 0.1) is 5.92 Å². The zero-order valence-electron chi connectivity index (χ0n) is 14.5. The Morgan fingerprint density at radius 3 is 2.79 bits per heavy atom. The monoisotopic (exact) mass is 328 g/mol. The van der Waals surface area contributed by atoms with E-state index in [0.717, 1.165) is 13.1 Å². The number of rotatable bonds is 4. The third kappa shape index (κ3) is 3.33. The number of aryl methyl sites for hydroxylation is 1. The Morgan fingerprint density at radius 1 is 1.33 bits per heavy atom. The minimum atomic E-state index is -0.148. The lowest BCUT2D eigenvalue weighted by atomic mass is 10.1. The topological polar surface area (TPSA) is 69.3 Å². The molecule has 0 radical (unpaired) electrons. The van der Waals surface area contributed by atoms with Gasteiger partial charge in [0.25, 0.3) is 5.56 Å². The first-order valence-electron chi connectivity index (χ1n) is 8.38. The number of likely N-dealkylation sites (N-methyl/N-ethyl adjacent to an activating group) is 1. The van der Waals surface area contributed by atoms with Crippen molar-refractivity contribution >= 4 is 16.8 Å². The van der Waals surface area contributed by atoms with E-state index in [9.17, 15) is 9.59 Å². The number of aromatic nitrogens is 2. The number of carbonyl (C=O) groups is 1. The maximum absolute atomic E-state index is 12.5. The molecule has 0 bridgehead atoms. The summed E-state index contributed by atoms with van der Waals surface area (Å²) in [6.07, 6.45) is 0.824. The van der Waals surface area contributed by atoms with Crippen molar-refractivity contribution in [3.05, 3.63) is 40.4 Å². The van der Waals surface area contributed by atoms with Crippen LogP contribution in [0.5, 0.6) is 0 Å².